The van der Waals surface area contributed by atoms with Crippen molar-refractivity contribution in [3.8, 4) is 22.5 Å². The largest absolute Gasteiger partial charge is 0.360 e. The maximum absolute atomic E-state index is 4.96. The Hall–Kier alpha value is -3.44. The van der Waals surface area contributed by atoms with Crippen LogP contribution in [0.3, 0.4) is 0 Å². The van der Waals surface area contributed by atoms with Crippen LogP contribution in [-0.4, -0.2) is 20.2 Å². The van der Waals surface area contributed by atoms with Gasteiger partial charge in [-0.3, -0.25) is 0 Å². The minimum atomic E-state index is 0.667. The Bertz CT molecular complexity index is 1290. The van der Waals surface area contributed by atoms with Crippen LogP contribution in [-0.2, 0) is 5.75 Å². The van der Waals surface area contributed by atoms with Gasteiger partial charge >= 0.3 is 0 Å². The van der Waals surface area contributed by atoms with Gasteiger partial charge in [-0.2, -0.15) is 0 Å². The summed E-state index contributed by atoms with van der Waals surface area (Å²) in [7, 11) is 0. The topological polar surface area (TPSA) is 54.5 Å². The van der Waals surface area contributed by atoms with Gasteiger partial charge < -0.3 is 4.98 Å². The molecule has 0 fully saturated rings. The van der Waals surface area contributed by atoms with Gasteiger partial charge in [0.15, 0.2) is 5.82 Å². The van der Waals surface area contributed by atoms with Gasteiger partial charge in [-0.1, -0.05) is 66.2 Å². The van der Waals surface area contributed by atoms with Crippen LogP contribution in [0.15, 0.2) is 90.0 Å². The average molecular weight is 409 g/mol. The predicted octanol–water partition coefficient (Wildman–Crippen LogP) is 6.29. The lowest BCUT2D eigenvalue weighted by molar-refractivity contribution is 0.908. The number of hydrogen-bond donors (Lipinski definition) is 1. The van der Waals surface area contributed by atoms with Crippen LogP contribution in [0, 0.1) is 6.92 Å². The van der Waals surface area contributed by atoms with Gasteiger partial charge in [0.1, 0.15) is 11.4 Å². The third-order valence-corrected chi connectivity index (χ3v) is 6.02. The number of thioether (sulfide) groups is 1. The van der Waals surface area contributed by atoms with Crippen molar-refractivity contribution in [3.05, 3.63) is 96.4 Å². The summed E-state index contributed by atoms with van der Waals surface area (Å²) < 4.78 is 0. The molecule has 1 N–H and O–H groups in total. The van der Waals surface area contributed by atoms with Gasteiger partial charge in [-0.05, 0) is 25.1 Å². The van der Waals surface area contributed by atoms with Crippen LogP contribution < -0.4 is 0 Å². The molecule has 0 saturated carbocycles. The van der Waals surface area contributed by atoms with E-state index in [1.165, 1.54) is 10.5 Å². The number of nitrogens with zero attached hydrogens (tertiary/aromatic N) is 3. The first kappa shape index (κ1) is 18.6. The summed E-state index contributed by atoms with van der Waals surface area (Å²) in [6, 6.07) is 26.9. The monoisotopic (exact) mass is 408 g/mol. The van der Waals surface area contributed by atoms with Gasteiger partial charge in [0, 0.05) is 33.1 Å². The fraction of sp³-hybridized carbons (Fsp3) is 0.0800. The molecule has 0 bridgehead atoms. The first-order chi connectivity index (χ1) is 14.8. The molecule has 0 saturated heterocycles. The van der Waals surface area contributed by atoms with Crippen molar-refractivity contribution in [2.45, 2.75) is 17.6 Å². The molecule has 30 heavy (non-hydrogen) atoms. The zero-order chi connectivity index (χ0) is 20.3. The number of aromatic nitrogens is 4. The Balaban J connectivity index is 1.56. The minimum Gasteiger partial charge on any atom is -0.360 e. The van der Waals surface area contributed by atoms with Gasteiger partial charge in [-0.15, -0.1) is 22.0 Å². The quantitative estimate of drug-likeness (QED) is 0.347. The molecule has 5 heteroatoms. The Morgan fingerprint density at radius 2 is 1.57 bits per heavy atom. The number of rotatable bonds is 5. The van der Waals surface area contributed by atoms with Crippen molar-refractivity contribution in [2.75, 3.05) is 0 Å². The minimum absolute atomic E-state index is 0.667. The summed E-state index contributed by atoms with van der Waals surface area (Å²) in [5.74, 6) is 1.39. The molecular weight excluding hydrogens is 388 g/mol. The highest BCUT2D eigenvalue weighted by molar-refractivity contribution is 7.98. The SMILES string of the molecule is Cc1ccc(SCc2nnc(-c3ccccc3)c(-c3c[nH]c4ccccc34)n2)cc1. The molecule has 0 spiro atoms. The molecule has 4 nitrogen and oxygen atoms in total. The van der Waals surface area contributed by atoms with Crippen molar-refractivity contribution in [2.24, 2.45) is 0 Å². The summed E-state index contributed by atoms with van der Waals surface area (Å²) in [5.41, 5.74) is 6.04. The highest BCUT2D eigenvalue weighted by atomic mass is 32.2. The molecule has 0 unspecified atom stereocenters. The maximum Gasteiger partial charge on any atom is 0.161 e. The fourth-order valence-corrected chi connectivity index (χ4v) is 4.20. The first-order valence-electron chi connectivity index (χ1n) is 9.83. The highest BCUT2D eigenvalue weighted by Gasteiger charge is 2.17. The van der Waals surface area contributed by atoms with E-state index in [1.54, 1.807) is 11.8 Å². The molecule has 0 aliphatic heterocycles. The molecular formula is C25H20N4S. The normalized spacial score (nSPS) is 11.1. The van der Waals surface area contributed by atoms with Crippen LogP contribution in [0.2, 0.25) is 0 Å². The Morgan fingerprint density at radius 3 is 2.40 bits per heavy atom. The van der Waals surface area contributed by atoms with E-state index in [9.17, 15) is 0 Å². The molecule has 0 radical (unpaired) electrons. The van der Waals surface area contributed by atoms with Crippen molar-refractivity contribution in [1.82, 2.24) is 20.2 Å². The number of fused-ring (bicyclic) bond motifs is 1. The number of benzene rings is 3. The van der Waals surface area contributed by atoms with E-state index in [0.29, 0.717) is 5.75 Å². The van der Waals surface area contributed by atoms with Crippen molar-refractivity contribution >= 4 is 22.7 Å². The zero-order valence-corrected chi connectivity index (χ0v) is 17.4. The molecule has 2 heterocycles. The van der Waals surface area contributed by atoms with Crippen LogP contribution >= 0.6 is 11.8 Å². The molecule has 5 rings (SSSR count). The number of para-hydroxylation sites is 1. The standard InChI is InChI=1S/C25H20N4S/c1-17-11-13-19(14-12-17)30-16-23-27-25(21-15-26-22-10-6-5-9-20(21)22)24(29-28-23)18-7-3-2-4-8-18/h2-15,26H,16H2,1H3. The van der Waals surface area contributed by atoms with Gasteiger partial charge in [0.2, 0.25) is 0 Å². The predicted molar refractivity (Wildman–Crippen MR) is 123 cm³/mol. The van der Waals surface area contributed by atoms with E-state index < -0.39 is 0 Å². The van der Waals surface area contributed by atoms with Crippen molar-refractivity contribution in [1.29, 1.82) is 0 Å². The van der Waals surface area contributed by atoms with E-state index in [-0.39, 0.29) is 0 Å². The van der Waals surface area contributed by atoms with E-state index in [0.717, 1.165) is 39.2 Å². The Morgan fingerprint density at radius 1 is 0.800 bits per heavy atom. The Labute approximate surface area is 179 Å². The maximum atomic E-state index is 4.96. The van der Waals surface area contributed by atoms with Crippen LogP contribution in [0.4, 0.5) is 0 Å². The Kier molecular flexibility index (Phi) is 5.03. The third kappa shape index (κ3) is 3.72. The smallest absolute Gasteiger partial charge is 0.161 e. The molecule has 2 aromatic heterocycles. The van der Waals surface area contributed by atoms with Crippen LogP contribution in [0.25, 0.3) is 33.4 Å². The zero-order valence-electron chi connectivity index (χ0n) is 16.5. The van der Waals surface area contributed by atoms with Crippen molar-refractivity contribution in [3.63, 3.8) is 0 Å². The number of aryl methyl sites for hydroxylation is 1. The summed E-state index contributed by atoms with van der Waals surface area (Å²) in [6.07, 6.45) is 2.01. The van der Waals surface area contributed by atoms with E-state index in [4.69, 9.17) is 4.98 Å². The average Bonchev–Trinajstić information content (AvgIpc) is 3.23. The number of H-pyrrole nitrogens is 1. The second-order valence-electron chi connectivity index (χ2n) is 7.14. The molecule has 5 aromatic rings. The van der Waals surface area contributed by atoms with Crippen LogP contribution in [0.5, 0.6) is 0 Å². The molecule has 146 valence electrons. The highest BCUT2D eigenvalue weighted by Crippen LogP contribution is 2.34. The van der Waals surface area contributed by atoms with E-state index >= 15 is 0 Å². The summed E-state index contributed by atoms with van der Waals surface area (Å²) in [5, 5.41) is 10.2. The number of aromatic amines is 1. The van der Waals surface area contributed by atoms with Crippen molar-refractivity contribution < 1.29 is 0 Å². The molecule has 0 amide bonds. The second kappa shape index (κ2) is 8.13. The second-order valence-corrected chi connectivity index (χ2v) is 8.19. The lowest BCUT2D eigenvalue weighted by atomic mass is 10.0. The number of nitrogens with one attached hydrogen (secondary N) is 1. The van der Waals surface area contributed by atoms with E-state index in [1.807, 2.05) is 48.7 Å². The lowest BCUT2D eigenvalue weighted by Crippen LogP contribution is -2.02. The first-order valence-corrected chi connectivity index (χ1v) is 10.8. The van der Waals surface area contributed by atoms with Gasteiger partial charge in [0.05, 0.1) is 5.75 Å². The fourth-order valence-electron chi connectivity index (χ4n) is 3.45. The number of hydrogen-bond acceptors (Lipinski definition) is 4. The van der Waals surface area contributed by atoms with Crippen LogP contribution in [0.1, 0.15) is 11.4 Å². The van der Waals surface area contributed by atoms with Gasteiger partial charge in [0.25, 0.3) is 0 Å². The lowest BCUT2D eigenvalue weighted by Gasteiger charge is -2.09. The molecule has 3 aromatic carbocycles. The summed E-state index contributed by atoms with van der Waals surface area (Å²) in [6.45, 7) is 2.09. The summed E-state index contributed by atoms with van der Waals surface area (Å²) >= 11 is 1.72. The summed E-state index contributed by atoms with van der Waals surface area (Å²) in [4.78, 5) is 9.51. The molecule has 0 aliphatic carbocycles. The molecule has 0 atom stereocenters. The van der Waals surface area contributed by atoms with E-state index in [2.05, 4.69) is 58.5 Å². The van der Waals surface area contributed by atoms with Gasteiger partial charge in [-0.25, -0.2) is 4.98 Å². The third-order valence-electron chi connectivity index (χ3n) is 5.01. The molecule has 0 aliphatic rings.